The number of hydrogen-bond acceptors (Lipinski definition) is 3. The second-order valence-corrected chi connectivity index (χ2v) is 5.97. The summed E-state index contributed by atoms with van der Waals surface area (Å²) in [5.41, 5.74) is 1.42. The van der Waals surface area contributed by atoms with Crippen LogP contribution in [0.3, 0.4) is 0 Å². The number of hydrogen-bond donors (Lipinski definition) is 1. The highest BCUT2D eigenvalue weighted by atomic mass is 15.2. The summed E-state index contributed by atoms with van der Waals surface area (Å²) in [7, 11) is 4.32. The third-order valence-electron chi connectivity index (χ3n) is 3.87. The minimum absolute atomic E-state index is 0.597. The Bertz CT molecular complexity index is 364. The molecule has 0 bridgehead atoms. The Balaban J connectivity index is 2.04. The molecule has 19 heavy (non-hydrogen) atoms. The minimum atomic E-state index is 0.597. The molecular formula is C16H27N3. The van der Waals surface area contributed by atoms with Crippen molar-refractivity contribution in [3.05, 3.63) is 35.9 Å². The van der Waals surface area contributed by atoms with Gasteiger partial charge in [0.1, 0.15) is 0 Å². The fourth-order valence-electron chi connectivity index (χ4n) is 2.74. The van der Waals surface area contributed by atoms with Crippen LogP contribution in [0, 0.1) is 0 Å². The van der Waals surface area contributed by atoms with Crippen LogP contribution in [0.5, 0.6) is 0 Å². The van der Waals surface area contributed by atoms with E-state index in [9.17, 15) is 0 Å². The summed E-state index contributed by atoms with van der Waals surface area (Å²) in [5.74, 6) is 0. The number of rotatable bonds is 4. The van der Waals surface area contributed by atoms with Crippen LogP contribution >= 0.6 is 0 Å². The standard InChI is InChI=1S/C16H27N3/c1-14-9-10-19(12-15-7-5-4-6-8-15)16(11-17-14)13-18(2)3/h4-8,14,16-17H,9-13H2,1-3H3. The van der Waals surface area contributed by atoms with E-state index in [1.54, 1.807) is 0 Å². The first-order valence-electron chi connectivity index (χ1n) is 7.31. The number of likely N-dealkylation sites (N-methyl/N-ethyl adjacent to an activating group) is 1. The molecule has 0 spiro atoms. The highest BCUT2D eigenvalue weighted by molar-refractivity contribution is 5.14. The largest absolute Gasteiger partial charge is 0.313 e. The van der Waals surface area contributed by atoms with Gasteiger partial charge in [-0.2, -0.15) is 0 Å². The molecule has 3 nitrogen and oxygen atoms in total. The van der Waals surface area contributed by atoms with E-state index in [1.807, 2.05) is 0 Å². The van der Waals surface area contributed by atoms with Crippen molar-refractivity contribution in [3.8, 4) is 0 Å². The summed E-state index contributed by atoms with van der Waals surface area (Å²) < 4.78 is 0. The normalized spacial score (nSPS) is 25.5. The van der Waals surface area contributed by atoms with Crippen molar-refractivity contribution in [2.75, 3.05) is 33.7 Å². The van der Waals surface area contributed by atoms with Gasteiger partial charge in [0, 0.05) is 38.3 Å². The SMILES string of the molecule is CC1CCN(Cc2ccccc2)C(CN(C)C)CN1. The van der Waals surface area contributed by atoms with Crippen LogP contribution in [-0.2, 0) is 6.54 Å². The van der Waals surface area contributed by atoms with Crippen molar-refractivity contribution in [2.45, 2.75) is 32.0 Å². The van der Waals surface area contributed by atoms with E-state index in [0.29, 0.717) is 12.1 Å². The van der Waals surface area contributed by atoms with E-state index >= 15 is 0 Å². The molecule has 0 saturated carbocycles. The van der Waals surface area contributed by atoms with Crippen molar-refractivity contribution >= 4 is 0 Å². The summed E-state index contributed by atoms with van der Waals surface area (Å²) in [6.07, 6.45) is 1.23. The molecule has 1 aliphatic rings. The zero-order chi connectivity index (χ0) is 13.7. The van der Waals surface area contributed by atoms with Crippen LogP contribution in [0.1, 0.15) is 18.9 Å². The molecule has 3 heteroatoms. The lowest BCUT2D eigenvalue weighted by molar-refractivity contribution is 0.165. The Morgan fingerprint density at radius 1 is 1.26 bits per heavy atom. The topological polar surface area (TPSA) is 18.5 Å². The third-order valence-corrected chi connectivity index (χ3v) is 3.87. The van der Waals surface area contributed by atoms with Crippen LogP contribution in [0.4, 0.5) is 0 Å². The number of nitrogens with one attached hydrogen (secondary N) is 1. The summed E-state index contributed by atoms with van der Waals surface area (Å²) >= 11 is 0. The highest BCUT2D eigenvalue weighted by Gasteiger charge is 2.23. The molecule has 1 aromatic rings. The highest BCUT2D eigenvalue weighted by Crippen LogP contribution is 2.13. The Labute approximate surface area is 117 Å². The average Bonchev–Trinajstić information content (AvgIpc) is 2.55. The van der Waals surface area contributed by atoms with E-state index in [1.165, 1.54) is 18.5 Å². The van der Waals surface area contributed by atoms with E-state index in [-0.39, 0.29) is 0 Å². The van der Waals surface area contributed by atoms with Crippen molar-refractivity contribution in [1.29, 1.82) is 0 Å². The van der Waals surface area contributed by atoms with Gasteiger partial charge in [-0.1, -0.05) is 30.3 Å². The summed E-state index contributed by atoms with van der Waals surface area (Å²) in [6.45, 7) is 6.74. The lowest BCUT2D eigenvalue weighted by Crippen LogP contribution is -2.45. The Morgan fingerprint density at radius 2 is 2.00 bits per heavy atom. The van der Waals surface area contributed by atoms with Crippen LogP contribution in [-0.4, -0.2) is 55.6 Å². The van der Waals surface area contributed by atoms with Gasteiger partial charge >= 0.3 is 0 Å². The molecule has 1 aliphatic heterocycles. The third kappa shape index (κ3) is 4.60. The molecule has 1 heterocycles. The molecule has 0 aromatic heterocycles. The van der Waals surface area contributed by atoms with E-state index < -0.39 is 0 Å². The fourth-order valence-corrected chi connectivity index (χ4v) is 2.74. The van der Waals surface area contributed by atoms with E-state index in [2.05, 4.69) is 66.5 Å². The van der Waals surface area contributed by atoms with Crippen LogP contribution < -0.4 is 5.32 Å². The zero-order valence-electron chi connectivity index (χ0n) is 12.5. The lowest BCUT2D eigenvalue weighted by atomic mass is 10.1. The van der Waals surface area contributed by atoms with E-state index in [0.717, 1.165) is 19.6 Å². The second-order valence-electron chi connectivity index (χ2n) is 5.97. The molecule has 1 aromatic carbocycles. The van der Waals surface area contributed by atoms with E-state index in [4.69, 9.17) is 0 Å². The Kier molecular flexibility index (Phi) is 5.37. The molecule has 1 fully saturated rings. The first kappa shape index (κ1) is 14.5. The molecule has 0 amide bonds. The Hall–Kier alpha value is -0.900. The smallest absolute Gasteiger partial charge is 0.0351 e. The molecular weight excluding hydrogens is 234 g/mol. The monoisotopic (exact) mass is 261 g/mol. The van der Waals surface area contributed by atoms with Gasteiger partial charge in [0.05, 0.1) is 0 Å². The van der Waals surface area contributed by atoms with Gasteiger partial charge in [0.25, 0.3) is 0 Å². The molecule has 1 N–H and O–H groups in total. The van der Waals surface area contributed by atoms with Crippen LogP contribution in [0.2, 0.25) is 0 Å². The Morgan fingerprint density at radius 3 is 2.68 bits per heavy atom. The van der Waals surface area contributed by atoms with Gasteiger partial charge in [-0.15, -0.1) is 0 Å². The van der Waals surface area contributed by atoms with Gasteiger partial charge in [-0.3, -0.25) is 4.90 Å². The van der Waals surface area contributed by atoms with Crippen LogP contribution in [0.25, 0.3) is 0 Å². The fraction of sp³-hybridized carbons (Fsp3) is 0.625. The second kappa shape index (κ2) is 7.04. The average molecular weight is 261 g/mol. The predicted molar refractivity (Wildman–Crippen MR) is 81.3 cm³/mol. The molecule has 2 unspecified atom stereocenters. The molecule has 2 rings (SSSR count). The maximum Gasteiger partial charge on any atom is 0.0351 e. The predicted octanol–water partition coefficient (Wildman–Crippen LogP) is 1.80. The first-order chi connectivity index (χ1) is 9.15. The summed E-state index contributed by atoms with van der Waals surface area (Å²) in [6, 6.07) is 12.0. The molecule has 1 saturated heterocycles. The zero-order valence-corrected chi connectivity index (χ0v) is 12.5. The first-order valence-corrected chi connectivity index (χ1v) is 7.31. The van der Waals surface area contributed by atoms with Gasteiger partial charge in [-0.25, -0.2) is 0 Å². The van der Waals surface area contributed by atoms with Crippen LogP contribution in [0.15, 0.2) is 30.3 Å². The van der Waals surface area contributed by atoms with Crippen molar-refractivity contribution < 1.29 is 0 Å². The molecule has 0 aliphatic carbocycles. The van der Waals surface area contributed by atoms with Gasteiger partial charge in [0.15, 0.2) is 0 Å². The lowest BCUT2D eigenvalue weighted by Gasteiger charge is -2.31. The minimum Gasteiger partial charge on any atom is -0.313 e. The molecule has 0 radical (unpaired) electrons. The van der Waals surface area contributed by atoms with Crippen molar-refractivity contribution in [1.82, 2.24) is 15.1 Å². The maximum absolute atomic E-state index is 3.65. The summed E-state index contributed by atoms with van der Waals surface area (Å²) in [5, 5.41) is 3.65. The van der Waals surface area contributed by atoms with Gasteiger partial charge in [0.2, 0.25) is 0 Å². The van der Waals surface area contributed by atoms with Gasteiger partial charge < -0.3 is 10.2 Å². The number of benzene rings is 1. The maximum atomic E-state index is 3.65. The van der Waals surface area contributed by atoms with Crippen molar-refractivity contribution in [3.63, 3.8) is 0 Å². The quantitative estimate of drug-likeness (QED) is 0.891. The molecule has 106 valence electrons. The van der Waals surface area contributed by atoms with Crippen molar-refractivity contribution in [2.24, 2.45) is 0 Å². The summed E-state index contributed by atoms with van der Waals surface area (Å²) in [4.78, 5) is 4.92. The molecule has 2 atom stereocenters. The van der Waals surface area contributed by atoms with Gasteiger partial charge in [-0.05, 0) is 33.0 Å². The number of nitrogens with zero attached hydrogens (tertiary/aromatic N) is 2.